The molecule has 40 heavy (non-hydrogen) atoms. The minimum Gasteiger partial charge on any atom is -0.495 e. The van der Waals surface area contributed by atoms with Crippen LogP contribution in [0, 0.1) is 16.4 Å². The molecule has 9 nitrogen and oxygen atoms in total. The number of esters is 1. The zero-order chi connectivity index (χ0) is 29.2. The van der Waals surface area contributed by atoms with Gasteiger partial charge in [0.1, 0.15) is 17.4 Å². The predicted octanol–water partition coefficient (Wildman–Crippen LogP) is 5.75. The van der Waals surface area contributed by atoms with Crippen molar-refractivity contribution < 1.29 is 31.9 Å². The minimum atomic E-state index is -3.94. The Balaban J connectivity index is 1.49. The first-order chi connectivity index (χ1) is 19.0. The normalized spacial score (nSPS) is 12.4. The third-order valence-electron chi connectivity index (χ3n) is 6.45. The number of rotatable bonds is 9. The fourth-order valence-corrected chi connectivity index (χ4v) is 6.28. The summed E-state index contributed by atoms with van der Waals surface area (Å²) < 4.78 is 45.1. The van der Waals surface area contributed by atoms with E-state index in [1.807, 2.05) is 31.2 Å². The van der Waals surface area contributed by atoms with Gasteiger partial charge in [0.15, 0.2) is 5.76 Å². The van der Waals surface area contributed by atoms with Gasteiger partial charge < -0.3 is 19.2 Å². The van der Waals surface area contributed by atoms with Crippen LogP contribution in [-0.2, 0) is 19.6 Å². The van der Waals surface area contributed by atoms with E-state index in [2.05, 4.69) is 32.6 Å². The first kappa shape index (κ1) is 29.6. The Morgan fingerprint density at radius 2 is 1.52 bits per heavy atom. The molecule has 1 aromatic heterocycles. The van der Waals surface area contributed by atoms with Gasteiger partial charge in [0, 0.05) is 11.3 Å². The molecule has 4 aromatic rings. The molecule has 1 heterocycles. The Labute approximate surface area is 246 Å². The summed E-state index contributed by atoms with van der Waals surface area (Å²) in [5, 5.41) is 3.62. The molecule has 0 unspecified atom stereocenters. The van der Waals surface area contributed by atoms with Crippen LogP contribution in [0.15, 0.2) is 70.0 Å². The van der Waals surface area contributed by atoms with Crippen LogP contribution in [0.1, 0.15) is 30.0 Å². The standard InChI is InChI=1S/C29H29IN2O7S/c1-16(2)25(29(34)38-5)32-40(35,36)21-12-8-19(9-13-21)18-6-10-20(11-7-18)31-28(33)26-17(3)24-23(39-26)15-14-22(30)27(24)37-4/h6-16,25,32H,1-5H3,(H,31,33)/t25-/m0/s1. The molecule has 2 N–H and O–H groups in total. The van der Waals surface area contributed by atoms with Gasteiger partial charge in [0.05, 0.1) is 28.1 Å². The van der Waals surface area contributed by atoms with Crippen LogP contribution in [-0.4, -0.2) is 40.6 Å². The lowest BCUT2D eigenvalue weighted by atomic mass is 10.1. The summed E-state index contributed by atoms with van der Waals surface area (Å²) in [7, 11) is -1.14. The first-order valence-electron chi connectivity index (χ1n) is 12.3. The third kappa shape index (κ3) is 6.01. The van der Waals surface area contributed by atoms with Crippen LogP contribution in [0.2, 0.25) is 0 Å². The van der Waals surface area contributed by atoms with E-state index in [1.54, 1.807) is 45.2 Å². The maximum atomic E-state index is 13.0. The van der Waals surface area contributed by atoms with Gasteiger partial charge in [-0.05, 0) is 83.0 Å². The molecule has 0 aliphatic carbocycles. The van der Waals surface area contributed by atoms with Gasteiger partial charge in [-0.25, -0.2) is 8.42 Å². The van der Waals surface area contributed by atoms with E-state index in [4.69, 9.17) is 13.9 Å². The molecule has 3 aromatic carbocycles. The monoisotopic (exact) mass is 676 g/mol. The molecule has 11 heteroatoms. The van der Waals surface area contributed by atoms with Gasteiger partial charge in [-0.3, -0.25) is 9.59 Å². The molecular weight excluding hydrogens is 647 g/mol. The number of nitrogens with one attached hydrogen (secondary N) is 2. The maximum absolute atomic E-state index is 13.0. The zero-order valence-electron chi connectivity index (χ0n) is 22.6. The minimum absolute atomic E-state index is 0.0298. The topological polar surface area (TPSA) is 124 Å². The number of methoxy groups -OCH3 is 2. The van der Waals surface area contributed by atoms with E-state index in [-0.39, 0.29) is 22.5 Å². The quantitative estimate of drug-likeness (QED) is 0.171. The average Bonchev–Trinajstić information content (AvgIpc) is 3.28. The number of hydrogen-bond donors (Lipinski definition) is 2. The van der Waals surface area contributed by atoms with E-state index in [0.29, 0.717) is 22.6 Å². The summed E-state index contributed by atoms with van der Waals surface area (Å²) in [6.07, 6.45) is 0. The second kappa shape index (κ2) is 12.0. The molecule has 0 fully saturated rings. The highest BCUT2D eigenvalue weighted by Gasteiger charge is 2.29. The number of aryl methyl sites for hydroxylation is 1. The van der Waals surface area contributed by atoms with Gasteiger partial charge in [-0.2, -0.15) is 4.72 Å². The average molecular weight is 677 g/mol. The number of amides is 1. The van der Waals surface area contributed by atoms with Crippen molar-refractivity contribution in [1.82, 2.24) is 4.72 Å². The SMILES string of the molecule is COC(=O)[C@@H](NS(=O)(=O)c1ccc(-c2ccc(NC(=O)c3oc4ccc(I)c(OC)c4c3C)cc2)cc1)C(C)C. The van der Waals surface area contributed by atoms with Crippen LogP contribution in [0.25, 0.3) is 22.1 Å². The molecule has 0 saturated carbocycles. The van der Waals surface area contributed by atoms with Crippen LogP contribution >= 0.6 is 22.6 Å². The predicted molar refractivity (Wildman–Crippen MR) is 161 cm³/mol. The van der Waals surface area contributed by atoms with E-state index < -0.39 is 22.0 Å². The second-order valence-corrected chi connectivity index (χ2v) is 12.3. The van der Waals surface area contributed by atoms with Crippen LogP contribution in [0.5, 0.6) is 5.75 Å². The molecule has 1 atom stereocenters. The summed E-state index contributed by atoms with van der Waals surface area (Å²) >= 11 is 2.18. The number of furan rings is 1. The number of ether oxygens (including phenoxy) is 2. The van der Waals surface area contributed by atoms with Crippen molar-refractivity contribution in [1.29, 1.82) is 0 Å². The van der Waals surface area contributed by atoms with Crippen molar-refractivity contribution in [3.8, 4) is 16.9 Å². The summed E-state index contributed by atoms with van der Waals surface area (Å²) in [5.74, 6) is -0.445. The van der Waals surface area contributed by atoms with Crippen LogP contribution in [0.4, 0.5) is 5.69 Å². The number of benzene rings is 3. The molecule has 210 valence electrons. The smallest absolute Gasteiger partial charge is 0.324 e. The van der Waals surface area contributed by atoms with E-state index in [1.165, 1.54) is 19.2 Å². The summed E-state index contributed by atoms with van der Waals surface area (Å²) in [4.78, 5) is 25.0. The van der Waals surface area contributed by atoms with Gasteiger partial charge in [-0.15, -0.1) is 0 Å². The fraction of sp³-hybridized carbons (Fsp3) is 0.241. The van der Waals surface area contributed by atoms with Crippen LogP contribution in [0.3, 0.4) is 0 Å². The summed E-state index contributed by atoms with van der Waals surface area (Å²) in [5.41, 5.74) is 3.43. The maximum Gasteiger partial charge on any atom is 0.324 e. The molecule has 0 aliphatic rings. The molecule has 0 spiro atoms. The molecule has 0 bridgehead atoms. The van der Waals surface area contributed by atoms with Crippen molar-refractivity contribution >= 4 is 61.1 Å². The first-order valence-corrected chi connectivity index (χ1v) is 14.9. The molecule has 0 saturated heterocycles. The highest BCUT2D eigenvalue weighted by molar-refractivity contribution is 14.1. The fourth-order valence-electron chi connectivity index (χ4n) is 4.27. The number of sulfonamides is 1. The lowest BCUT2D eigenvalue weighted by Crippen LogP contribution is -2.44. The Hall–Kier alpha value is -3.42. The van der Waals surface area contributed by atoms with Crippen molar-refractivity contribution in [3.63, 3.8) is 0 Å². The lowest BCUT2D eigenvalue weighted by Gasteiger charge is -2.19. The Kier molecular flexibility index (Phi) is 8.86. The molecule has 0 aliphatic heterocycles. The molecule has 1 amide bonds. The van der Waals surface area contributed by atoms with Crippen molar-refractivity contribution in [2.45, 2.75) is 31.7 Å². The Morgan fingerprint density at radius 1 is 0.925 bits per heavy atom. The number of anilines is 1. The second-order valence-electron chi connectivity index (χ2n) is 9.43. The van der Waals surface area contributed by atoms with Gasteiger partial charge in [0.25, 0.3) is 5.91 Å². The summed E-state index contributed by atoms with van der Waals surface area (Å²) in [6.45, 7) is 5.28. The molecule has 4 rings (SSSR count). The van der Waals surface area contributed by atoms with E-state index >= 15 is 0 Å². The van der Waals surface area contributed by atoms with E-state index in [9.17, 15) is 18.0 Å². The van der Waals surface area contributed by atoms with Crippen LogP contribution < -0.4 is 14.8 Å². The van der Waals surface area contributed by atoms with Gasteiger partial charge >= 0.3 is 5.97 Å². The molecule has 0 radical (unpaired) electrons. The summed E-state index contributed by atoms with van der Waals surface area (Å²) in [6, 6.07) is 16.1. The number of halogens is 1. The molecular formula is C29H29IN2O7S. The highest BCUT2D eigenvalue weighted by atomic mass is 127. The van der Waals surface area contributed by atoms with Gasteiger partial charge in [-0.1, -0.05) is 38.1 Å². The number of carbonyl (C=O) groups is 2. The van der Waals surface area contributed by atoms with Crippen molar-refractivity contribution in [2.24, 2.45) is 5.92 Å². The van der Waals surface area contributed by atoms with Crippen molar-refractivity contribution in [3.05, 3.63) is 75.6 Å². The Bertz CT molecular complexity index is 1660. The lowest BCUT2D eigenvalue weighted by molar-refractivity contribution is -0.143. The highest BCUT2D eigenvalue weighted by Crippen LogP contribution is 2.36. The van der Waals surface area contributed by atoms with E-state index in [0.717, 1.165) is 20.1 Å². The largest absolute Gasteiger partial charge is 0.495 e. The number of hydrogen-bond acceptors (Lipinski definition) is 7. The zero-order valence-corrected chi connectivity index (χ0v) is 25.5. The number of fused-ring (bicyclic) bond motifs is 1. The third-order valence-corrected chi connectivity index (χ3v) is 8.76. The van der Waals surface area contributed by atoms with Crippen molar-refractivity contribution in [2.75, 3.05) is 19.5 Å². The number of carbonyl (C=O) groups excluding carboxylic acids is 2. The van der Waals surface area contributed by atoms with Gasteiger partial charge in [0.2, 0.25) is 10.0 Å². The Morgan fingerprint density at radius 3 is 2.08 bits per heavy atom.